The van der Waals surface area contributed by atoms with Crippen molar-refractivity contribution in [3.05, 3.63) is 36.7 Å². The van der Waals surface area contributed by atoms with Crippen molar-refractivity contribution in [1.82, 2.24) is 10.3 Å². The number of carbonyl (C=O) groups is 1. The summed E-state index contributed by atoms with van der Waals surface area (Å²) in [6.07, 6.45) is 5.79. The van der Waals surface area contributed by atoms with Crippen molar-refractivity contribution in [2.24, 2.45) is 0 Å². The smallest absolute Gasteiger partial charge is 0.270 e. The third-order valence-electron chi connectivity index (χ3n) is 2.85. The Morgan fingerprint density at radius 2 is 2.29 bits per heavy atom. The molecule has 0 atom stereocenters. The van der Waals surface area contributed by atoms with Crippen molar-refractivity contribution in [2.45, 2.75) is 12.8 Å². The Morgan fingerprint density at radius 1 is 1.53 bits per heavy atom. The number of hydrogen-bond donors (Lipinski definition) is 1. The van der Waals surface area contributed by atoms with Crippen LogP contribution >= 0.6 is 0 Å². The number of amides is 1. The monoisotopic (exact) mass is 231 g/mol. The summed E-state index contributed by atoms with van der Waals surface area (Å²) in [6, 6.07) is 3.80. The van der Waals surface area contributed by atoms with Gasteiger partial charge in [0.05, 0.1) is 0 Å². The van der Waals surface area contributed by atoms with Gasteiger partial charge in [-0.25, -0.2) is 0 Å². The topological polar surface area (TPSA) is 45.2 Å². The van der Waals surface area contributed by atoms with Crippen molar-refractivity contribution in [1.29, 1.82) is 0 Å². The van der Waals surface area contributed by atoms with Crippen LogP contribution in [0.25, 0.3) is 0 Å². The molecular weight excluding hydrogens is 214 g/mol. The Morgan fingerprint density at radius 3 is 3.00 bits per heavy atom. The Bertz CT molecular complexity index is 411. The molecule has 2 rings (SSSR count). The van der Waals surface area contributed by atoms with E-state index in [1.165, 1.54) is 12.8 Å². The van der Waals surface area contributed by atoms with Gasteiger partial charge < -0.3 is 10.2 Å². The van der Waals surface area contributed by atoms with Crippen LogP contribution < -0.4 is 10.2 Å². The van der Waals surface area contributed by atoms with Crippen LogP contribution in [-0.2, 0) is 0 Å². The van der Waals surface area contributed by atoms with Gasteiger partial charge in [0.1, 0.15) is 5.69 Å². The molecule has 0 bridgehead atoms. The van der Waals surface area contributed by atoms with E-state index in [2.05, 4.69) is 21.8 Å². The first-order valence-corrected chi connectivity index (χ1v) is 5.91. The summed E-state index contributed by atoms with van der Waals surface area (Å²) in [6.45, 7) is 6.16. The Kier molecular flexibility index (Phi) is 3.75. The molecule has 0 aromatic carbocycles. The molecule has 17 heavy (non-hydrogen) atoms. The Labute approximate surface area is 101 Å². The predicted octanol–water partition coefficient (Wildman–Crippen LogP) is 1.60. The maximum atomic E-state index is 11.7. The van der Waals surface area contributed by atoms with E-state index in [1.54, 1.807) is 12.3 Å². The van der Waals surface area contributed by atoms with Crippen LogP contribution in [0, 0.1) is 0 Å². The van der Waals surface area contributed by atoms with Crippen LogP contribution in [0.3, 0.4) is 0 Å². The standard InChI is InChI=1S/C13H17N3O/c1-2-6-15-13(17)12-10-11(5-7-14-12)16-8-3-4-9-16/h2,5,7,10H,1,3-4,6,8-9H2,(H,15,17). The van der Waals surface area contributed by atoms with Gasteiger partial charge in [0.2, 0.25) is 0 Å². The molecule has 2 heterocycles. The van der Waals surface area contributed by atoms with Crippen molar-refractivity contribution >= 4 is 11.6 Å². The molecule has 1 aromatic rings. The third-order valence-corrected chi connectivity index (χ3v) is 2.85. The summed E-state index contributed by atoms with van der Waals surface area (Å²) < 4.78 is 0. The summed E-state index contributed by atoms with van der Waals surface area (Å²) in [5.41, 5.74) is 1.55. The van der Waals surface area contributed by atoms with Crippen molar-refractivity contribution in [2.75, 3.05) is 24.5 Å². The molecule has 0 radical (unpaired) electrons. The lowest BCUT2D eigenvalue weighted by molar-refractivity contribution is 0.0953. The van der Waals surface area contributed by atoms with Gasteiger partial charge in [-0.15, -0.1) is 6.58 Å². The highest BCUT2D eigenvalue weighted by Crippen LogP contribution is 2.19. The second-order valence-corrected chi connectivity index (χ2v) is 4.09. The van der Waals surface area contributed by atoms with E-state index in [0.717, 1.165) is 18.8 Å². The van der Waals surface area contributed by atoms with E-state index >= 15 is 0 Å². The molecule has 1 aliphatic heterocycles. The first kappa shape index (κ1) is 11.6. The number of nitrogens with one attached hydrogen (secondary N) is 1. The van der Waals surface area contributed by atoms with Crippen LogP contribution in [0.5, 0.6) is 0 Å². The average molecular weight is 231 g/mol. The first-order valence-electron chi connectivity index (χ1n) is 5.91. The maximum Gasteiger partial charge on any atom is 0.270 e. The van der Waals surface area contributed by atoms with Crippen LogP contribution in [0.4, 0.5) is 5.69 Å². The number of anilines is 1. The maximum absolute atomic E-state index is 11.7. The lowest BCUT2D eigenvalue weighted by atomic mass is 10.3. The van der Waals surface area contributed by atoms with E-state index in [1.807, 2.05) is 12.1 Å². The Balaban J connectivity index is 2.10. The first-order chi connectivity index (χ1) is 8.31. The Hall–Kier alpha value is -1.84. The summed E-state index contributed by atoms with van der Waals surface area (Å²) in [5, 5.41) is 2.73. The molecule has 1 aliphatic rings. The highest BCUT2D eigenvalue weighted by molar-refractivity contribution is 5.93. The molecular formula is C13H17N3O. The fraction of sp³-hybridized carbons (Fsp3) is 0.385. The van der Waals surface area contributed by atoms with Gasteiger partial charge in [0, 0.05) is 31.5 Å². The largest absolute Gasteiger partial charge is 0.371 e. The molecule has 1 aromatic heterocycles. The highest BCUT2D eigenvalue weighted by atomic mass is 16.1. The van der Waals surface area contributed by atoms with Crippen LogP contribution in [-0.4, -0.2) is 30.5 Å². The van der Waals surface area contributed by atoms with Crippen molar-refractivity contribution in [3.63, 3.8) is 0 Å². The van der Waals surface area contributed by atoms with Crippen LogP contribution in [0.2, 0.25) is 0 Å². The quantitative estimate of drug-likeness (QED) is 0.800. The number of rotatable bonds is 4. The summed E-state index contributed by atoms with van der Waals surface area (Å²) in [4.78, 5) is 18.1. The van der Waals surface area contributed by atoms with Gasteiger partial charge >= 0.3 is 0 Å². The molecule has 0 unspecified atom stereocenters. The SMILES string of the molecule is C=CCNC(=O)c1cc(N2CCCC2)ccn1. The second-order valence-electron chi connectivity index (χ2n) is 4.09. The van der Waals surface area contributed by atoms with E-state index in [9.17, 15) is 4.79 Å². The molecule has 90 valence electrons. The normalized spacial score (nSPS) is 14.7. The average Bonchev–Trinajstić information content (AvgIpc) is 2.90. The van der Waals surface area contributed by atoms with Gasteiger partial charge in [0.15, 0.2) is 0 Å². The lowest BCUT2D eigenvalue weighted by Gasteiger charge is -2.17. The van der Waals surface area contributed by atoms with Gasteiger partial charge in [-0.2, -0.15) is 0 Å². The third kappa shape index (κ3) is 2.84. The molecule has 4 heteroatoms. The molecule has 1 fully saturated rings. The molecule has 1 amide bonds. The molecule has 0 saturated carbocycles. The molecule has 0 spiro atoms. The fourth-order valence-corrected chi connectivity index (χ4v) is 1.97. The van der Waals surface area contributed by atoms with Gasteiger partial charge in [-0.3, -0.25) is 9.78 Å². The van der Waals surface area contributed by atoms with Crippen LogP contribution in [0.1, 0.15) is 23.3 Å². The summed E-state index contributed by atoms with van der Waals surface area (Å²) in [7, 11) is 0. The number of hydrogen-bond acceptors (Lipinski definition) is 3. The highest BCUT2D eigenvalue weighted by Gasteiger charge is 2.14. The second kappa shape index (κ2) is 5.48. The minimum absolute atomic E-state index is 0.147. The fourth-order valence-electron chi connectivity index (χ4n) is 1.97. The molecule has 1 N–H and O–H groups in total. The minimum atomic E-state index is -0.147. The lowest BCUT2D eigenvalue weighted by Crippen LogP contribution is -2.25. The van der Waals surface area contributed by atoms with Gasteiger partial charge in [-0.05, 0) is 25.0 Å². The van der Waals surface area contributed by atoms with Crippen molar-refractivity contribution in [3.8, 4) is 0 Å². The summed E-state index contributed by atoms with van der Waals surface area (Å²) in [5.74, 6) is -0.147. The van der Waals surface area contributed by atoms with E-state index in [4.69, 9.17) is 0 Å². The zero-order chi connectivity index (χ0) is 12.1. The number of pyridine rings is 1. The number of carbonyl (C=O) groups excluding carboxylic acids is 1. The van der Waals surface area contributed by atoms with Gasteiger partial charge in [-0.1, -0.05) is 6.08 Å². The van der Waals surface area contributed by atoms with Gasteiger partial charge in [0.25, 0.3) is 5.91 Å². The van der Waals surface area contributed by atoms with E-state index < -0.39 is 0 Å². The number of aromatic nitrogens is 1. The van der Waals surface area contributed by atoms with E-state index in [0.29, 0.717) is 12.2 Å². The molecule has 0 aliphatic carbocycles. The minimum Gasteiger partial charge on any atom is -0.371 e. The molecule has 1 saturated heterocycles. The zero-order valence-electron chi connectivity index (χ0n) is 9.85. The van der Waals surface area contributed by atoms with Crippen LogP contribution in [0.15, 0.2) is 31.0 Å². The number of nitrogens with zero attached hydrogens (tertiary/aromatic N) is 2. The predicted molar refractivity (Wildman–Crippen MR) is 68.2 cm³/mol. The molecule has 4 nitrogen and oxygen atoms in total. The van der Waals surface area contributed by atoms with E-state index in [-0.39, 0.29) is 5.91 Å². The van der Waals surface area contributed by atoms with Crippen molar-refractivity contribution < 1.29 is 4.79 Å². The zero-order valence-corrected chi connectivity index (χ0v) is 9.85. The summed E-state index contributed by atoms with van der Waals surface area (Å²) >= 11 is 0.